The molecule has 11 heteroatoms. The molecular formula is C10H14ClN3O5S2. The van der Waals surface area contributed by atoms with E-state index in [-0.39, 0.29) is 28.7 Å². The Morgan fingerprint density at radius 3 is 2.38 bits per heavy atom. The number of rotatable bonds is 4. The van der Waals surface area contributed by atoms with E-state index in [1.807, 2.05) is 0 Å². The van der Waals surface area contributed by atoms with Gasteiger partial charge in [-0.25, -0.2) is 13.6 Å². The van der Waals surface area contributed by atoms with E-state index in [0.717, 1.165) is 6.07 Å². The number of nitrogens with one attached hydrogen (secondary N) is 1. The predicted molar refractivity (Wildman–Crippen MR) is 77.8 cm³/mol. The Balaban J connectivity index is 2.30. The van der Waals surface area contributed by atoms with Crippen LogP contribution >= 0.6 is 11.6 Å². The average molecular weight is 356 g/mol. The zero-order valence-electron chi connectivity index (χ0n) is 10.8. The van der Waals surface area contributed by atoms with Crippen LogP contribution in [0.2, 0.25) is 5.02 Å². The van der Waals surface area contributed by atoms with Gasteiger partial charge in [0.2, 0.25) is 10.0 Å². The largest absolute Gasteiger partial charge is 0.379 e. The van der Waals surface area contributed by atoms with Gasteiger partial charge in [-0.15, -0.1) is 0 Å². The Morgan fingerprint density at radius 1 is 1.19 bits per heavy atom. The molecule has 0 unspecified atom stereocenters. The lowest BCUT2D eigenvalue weighted by atomic mass is 10.3. The number of anilines is 1. The Hall–Kier alpha value is -0.910. The zero-order valence-corrected chi connectivity index (χ0v) is 13.2. The van der Waals surface area contributed by atoms with Crippen molar-refractivity contribution < 1.29 is 21.6 Å². The van der Waals surface area contributed by atoms with Crippen molar-refractivity contribution >= 4 is 37.5 Å². The molecule has 1 heterocycles. The molecule has 0 spiro atoms. The number of halogens is 1. The molecule has 0 radical (unpaired) electrons. The third kappa shape index (κ3) is 4.05. The summed E-state index contributed by atoms with van der Waals surface area (Å²) in [5.41, 5.74) is -0.0466. The molecule has 0 aromatic heterocycles. The van der Waals surface area contributed by atoms with Gasteiger partial charge < -0.3 is 4.74 Å². The van der Waals surface area contributed by atoms with E-state index < -0.39 is 20.2 Å². The van der Waals surface area contributed by atoms with Crippen molar-refractivity contribution in [2.75, 3.05) is 31.0 Å². The first-order chi connectivity index (χ1) is 9.70. The van der Waals surface area contributed by atoms with Crippen LogP contribution in [0.15, 0.2) is 23.1 Å². The highest BCUT2D eigenvalue weighted by atomic mass is 35.5. The van der Waals surface area contributed by atoms with Crippen molar-refractivity contribution in [2.24, 2.45) is 5.14 Å². The van der Waals surface area contributed by atoms with Gasteiger partial charge in [0.1, 0.15) is 0 Å². The normalized spacial score (nSPS) is 17.6. The SMILES string of the molecule is NS(=O)(=O)c1ccc(Cl)c(NS(=O)(=O)N2CCOCC2)c1. The fraction of sp³-hybridized carbons (Fsp3) is 0.400. The van der Waals surface area contributed by atoms with E-state index in [1.54, 1.807) is 0 Å². The maximum Gasteiger partial charge on any atom is 0.301 e. The Labute approximate surface area is 128 Å². The average Bonchev–Trinajstić information content (AvgIpc) is 2.41. The number of primary sulfonamides is 1. The highest BCUT2D eigenvalue weighted by molar-refractivity contribution is 7.90. The highest BCUT2D eigenvalue weighted by Crippen LogP contribution is 2.26. The highest BCUT2D eigenvalue weighted by Gasteiger charge is 2.25. The van der Waals surface area contributed by atoms with Gasteiger partial charge in [0.15, 0.2) is 0 Å². The second-order valence-electron chi connectivity index (χ2n) is 4.31. The van der Waals surface area contributed by atoms with E-state index in [0.29, 0.717) is 13.2 Å². The van der Waals surface area contributed by atoms with E-state index in [1.165, 1.54) is 16.4 Å². The first-order valence-electron chi connectivity index (χ1n) is 5.88. The molecule has 1 saturated heterocycles. The van der Waals surface area contributed by atoms with Gasteiger partial charge in [-0.2, -0.15) is 12.7 Å². The maximum absolute atomic E-state index is 12.2. The number of morpholine rings is 1. The van der Waals surface area contributed by atoms with Gasteiger partial charge in [0.25, 0.3) is 0 Å². The quantitative estimate of drug-likeness (QED) is 0.786. The minimum absolute atomic E-state index is 0.0466. The molecule has 1 aromatic rings. The number of ether oxygens (including phenoxy) is 1. The summed E-state index contributed by atoms with van der Waals surface area (Å²) in [7, 11) is -7.79. The summed E-state index contributed by atoms with van der Waals surface area (Å²) in [6, 6.07) is 3.54. The molecular weight excluding hydrogens is 342 g/mol. The third-order valence-electron chi connectivity index (χ3n) is 2.82. The van der Waals surface area contributed by atoms with Crippen LogP contribution in [-0.2, 0) is 25.0 Å². The van der Waals surface area contributed by atoms with Gasteiger partial charge in [-0.3, -0.25) is 4.72 Å². The number of hydrogen-bond acceptors (Lipinski definition) is 5. The Kier molecular flexibility index (Phi) is 4.76. The fourth-order valence-electron chi connectivity index (χ4n) is 1.75. The van der Waals surface area contributed by atoms with E-state index in [2.05, 4.69) is 4.72 Å². The first-order valence-corrected chi connectivity index (χ1v) is 9.24. The van der Waals surface area contributed by atoms with E-state index in [4.69, 9.17) is 21.5 Å². The monoisotopic (exact) mass is 355 g/mol. The maximum atomic E-state index is 12.2. The van der Waals surface area contributed by atoms with Crippen molar-refractivity contribution in [3.05, 3.63) is 23.2 Å². The Bertz CT molecular complexity index is 729. The number of nitrogens with zero attached hydrogens (tertiary/aromatic N) is 1. The van der Waals surface area contributed by atoms with Crippen LogP contribution in [0, 0.1) is 0 Å². The first kappa shape index (κ1) is 16.5. The molecule has 2 rings (SSSR count). The zero-order chi connectivity index (χ0) is 15.7. The number of benzene rings is 1. The van der Waals surface area contributed by atoms with Crippen molar-refractivity contribution in [2.45, 2.75) is 4.90 Å². The second-order valence-corrected chi connectivity index (χ2v) is 7.94. The van der Waals surface area contributed by atoms with E-state index in [9.17, 15) is 16.8 Å². The molecule has 1 aromatic carbocycles. The van der Waals surface area contributed by atoms with Crippen LogP contribution in [0.3, 0.4) is 0 Å². The van der Waals surface area contributed by atoms with Crippen molar-refractivity contribution in [3.63, 3.8) is 0 Å². The summed E-state index contributed by atoms with van der Waals surface area (Å²) >= 11 is 5.89. The van der Waals surface area contributed by atoms with Gasteiger partial charge in [0.05, 0.1) is 28.8 Å². The molecule has 1 aliphatic heterocycles. The molecule has 0 amide bonds. The van der Waals surface area contributed by atoms with Crippen LogP contribution < -0.4 is 9.86 Å². The lowest BCUT2D eigenvalue weighted by Crippen LogP contribution is -2.43. The molecule has 3 N–H and O–H groups in total. The van der Waals surface area contributed by atoms with Crippen molar-refractivity contribution in [1.82, 2.24) is 4.31 Å². The molecule has 118 valence electrons. The summed E-state index contributed by atoms with van der Waals surface area (Å²) < 4.78 is 55.5. The summed E-state index contributed by atoms with van der Waals surface area (Å²) in [6.07, 6.45) is 0. The van der Waals surface area contributed by atoms with Gasteiger partial charge in [-0.1, -0.05) is 11.6 Å². The molecule has 0 saturated carbocycles. The topological polar surface area (TPSA) is 119 Å². The minimum atomic E-state index is -3.95. The molecule has 8 nitrogen and oxygen atoms in total. The molecule has 0 bridgehead atoms. The van der Waals surface area contributed by atoms with Crippen molar-refractivity contribution in [1.29, 1.82) is 0 Å². The minimum Gasteiger partial charge on any atom is -0.379 e. The standard InChI is InChI=1S/C10H14ClN3O5S2/c11-9-2-1-8(20(12,15)16)7-10(9)13-21(17,18)14-3-5-19-6-4-14/h1-2,7,13H,3-6H2,(H2,12,15,16). The summed E-state index contributed by atoms with van der Waals surface area (Å²) in [5, 5.41) is 5.08. The van der Waals surface area contributed by atoms with E-state index >= 15 is 0 Å². The van der Waals surface area contributed by atoms with Crippen LogP contribution in [0.5, 0.6) is 0 Å². The fourth-order valence-corrected chi connectivity index (χ4v) is 3.72. The number of hydrogen-bond donors (Lipinski definition) is 2. The molecule has 0 atom stereocenters. The predicted octanol–water partition coefficient (Wildman–Crippen LogP) is -0.0237. The summed E-state index contributed by atoms with van der Waals surface area (Å²) in [4.78, 5) is -0.230. The second kappa shape index (κ2) is 6.07. The van der Waals surface area contributed by atoms with Gasteiger partial charge in [-0.05, 0) is 18.2 Å². The van der Waals surface area contributed by atoms with Crippen molar-refractivity contribution in [3.8, 4) is 0 Å². The molecule has 0 aliphatic carbocycles. The molecule has 1 aliphatic rings. The molecule has 21 heavy (non-hydrogen) atoms. The van der Waals surface area contributed by atoms with Crippen LogP contribution in [-0.4, -0.2) is 47.4 Å². The lowest BCUT2D eigenvalue weighted by molar-refractivity contribution is 0.0733. The smallest absolute Gasteiger partial charge is 0.301 e. The van der Waals surface area contributed by atoms with Gasteiger partial charge in [0, 0.05) is 13.1 Å². The Morgan fingerprint density at radius 2 is 1.81 bits per heavy atom. The summed E-state index contributed by atoms with van der Waals surface area (Å²) in [6.45, 7) is 1.02. The van der Waals surface area contributed by atoms with Crippen LogP contribution in [0.25, 0.3) is 0 Å². The van der Waals surface area contributed by atoms with Crippen LogP contribution in [0.4, 0.5) is 5.69 Å². The van der Waals surface area contributed by atoms with Crippen LogP contribution in [0.1, 0.15) is 0 Å². The molecule has 1 fully saturated rings. The van der Waals surface area contributed by atoms with Gasteiger partial charge >= 0.3 is 10.2 Å². The lowest BCUT2D eigenvalue weighted by Gasteiger charge is -2.26. The summed E-state index contributed by atoms with van der Waals surface area (Å²) in [5.74, 6) is 0. The third-order valence-corrected chi connectivity index (χ3v) is 5.58. The number of sulfonamides is 1. The number of nitrogens with two attached hydrogens (primary N) is 1.